The third kappa shape index (κ3) is 3.54. The van der Waals surface area contributed by atoms with E-state index in [9.17, 15) is 22.4 Å². The van der Waals surface area contributed by atoms with Crippen LogP contribution in [0.2, 0.25) is 0 Å². The number of Topliss-reactive ketones (excluding diaryl/α,β-unsaturated/α-hetero) is 2. The van der Waals surface area contributed by atoms with Gasteiger partial charge in [-0.3, -0.25) is 14.7 Å². The Morgan fingerprint density at radius 1 is 1.20 bits per heavy atom. The first-order valence-electron chi connectivity index (χ1n) is 6.89. The fourth-order valence-electron chi connectivity index (χ4n) is 2.03. The zero-order valence-corrected chi connectivity index (χ0v) is 14.1. The van der Waals surface area contributed by atoms with Gasteiger partial charge in [-0.15, -0.1) is 16.4 Å². The molecule has 0 atom stereocenters. The summed E-state index contributed by atoms with van der Waals surface area (Å²) in [6.45, 7) is 0. The standard InChI is InChI=1S/C15H10FN3O4S2/c16-10-1-3-11(4-2-10)25(22,23)13-6-9(7-24-13)5-12(20)14(21)15-17-8-18-19-15/h1-4,6-8H,5H2,(H,17,18,19). The highest BCUT2D eigenvalue weighted by Gasteiger charge is 2.23. The topological polar surface area (TPSA) is 110 Å². The number of ketones is 2. The van der Waals surface area contributed by atoms with Gasteiger partial charge in [0.25, 0.3) is 5.78 Å². The van der Waals surface area contributed by atoms with E-state index < -0.39 is 27.2 Å². The number of thiophene rings is 1. The molecule has 2 heterocycles. The van der Waals surface area contributed by atoms with Crippen LogP contribution in [0.1, 0.15) is 16.2 Å². The normalized spacial score (nSPS) is 11.4. The molecule has 1 N–H and O–H groups in total. The van der Waals surface area contributed by atoms with Crippen molar-refractivity contribution in [1.82, 2.24) is 15.2 Å². The van der Waals surface area contributed by atoms with E-state index in [-0.39, 0.29) is 21.3 Å². The van der Waals surface area contributed by atoms with E-state index in [4.69, 9.17) is 0 Å². The summed E-state index contributed by atoms with van der Waals surface area (Å²) in [7, 11) is -3.81. The van der Waals surface area contributed by atoms with Crippen molar-refractivity contribution in [3.05, 3.63) is 59.2 Å². The van der Waals surface area contributed by atoms with Crippen molar-refractivity contribution in [1.29, 1.82) is 0 Å². The summed E-state index contributed by atoms with van der Waals surface area (Å²) in [5.74, 6) is -2.38. The van der Waals surface area contributed by atoms with E-state index >= 15 is 0 Å². The molecule has 3 aromatic rings. The van der Waals surface area contributed by atoms with Crippen molar-refractivity contribution < 1.29 is 22.4 Å². The average Bonchev–Trinajstić information content (AvgIpc) is 3.26. The minimum atomic E-state index is -3.81. The van der Waals surface area contributed by atoms with Gasteiger partial charge in [0.15, 0.2) is 0 Å². The molecule has 0 aliphatic heterocycles. The van der Waals surface area contributed by atoms with Gasteiger partial charge in [-0.25, -0.2) is 17.8 Å². The summed E-state index contributed by atoms with van der Waals surface area (Å²) < 4.78 is 37.9. The number of aromatic nitrogens is 3. The Hall–Kier alpha value is -2.72. The van der Waals surface area contributed by atoms with Crippen LogP contribution in [0.5, 0.6) is 0 Å². The number of nitrogens with zero attached hydrogens (tertiary/aromatic N) is 2. The number of sulfone groups is 1. The predicted octanol–water partition coefficient (Wildman–Crippen LogP) is 1.83. The monoisotopic (exact) mass is 379 g/mol. The number of aromatic amines is 1. The first-order valence-corrected chi connectivity index (χ1v) is 9.25. The molecule has 0 bridgehead atoms. The van der Waals surface area contributed by atoms with Crippen LogP contribution < -0.4 is 0 Å². The van der Waals surface area contributed by atoms with E-state index in [0.29, 0.717) is 5.56 Å². The fraction of sp³-hybridized carbons (Fsp3) is 0.0667. The highest BCUT2D eigenvalue weighted by Crippen LogP contribution is 2.27. The van der Waals surface area contributed by atoms with Crippen LogP contribution in [0.15, 0.2) is 51.1 Å². The van der Waals surface area contributed by atoms with E-state index in [0.717, 1.165) is 23.5 Å². The molecule has 128 valence electrons. The van der Waals surface area contributed by atoms with Crippen LogP contribution >= 0.6 is 11.3 Å². The smallest absolute Gasteiger partial charge is 0.267 e. The maximum Gasteiger partial charge on any atom is 0.267 e. The first-order chi connectivity index (χ1) is 11.9. The van der Waals surface area contributed by atoms with E-state index in [1.807, 2.05) is 0 Å². The third-order valence-corrected chi connectivity index (χ3v) is 6.51. The summed E-state index contributed by atoms with van der Waals surface area (Å²) in [6.07, 6.45) is 0.918. The molecular formula is C15H10FN3O4S2. The number of carbonyl (C=O) groups is 2. The number of hydrogen-bond acceptors (Lipinski definition) is 7. The van der Waals surface area contributed by atoms with E-state index in [1.165, 1.54) is 29.9 Å². The fourth-order valence-corrected chi connectivity index (χ4v) is 4.64. The lowest BCUT2D eigenvalue weighted by molar-refractivity contribution is -0.114. The molecule has 0 spiro atoms. The molecule has 0 saturated carbocycles. The predicted molar refractivity (Wildman–Crippen MR) is 85.6 cm³/mol. The average molecular weight is 379 g/mol. The van der Waals surface area contributed by atoms with Crippen molar-refractivity contribution >= 4 is 32.7 Å². The quantitative estimate of drug-likeness (QED) is 0.397. The van der Waals surface area contributed by atoms with Gasteiger partial charge in [0, 0.05) is 6.42 Å². The zero-order chi connectivity index (χ0) is 18.0. The van der Waals surface area contributed by atoms with Crippen LogP contribution in [0, 0.1) is 5.82 Å². The van der Waals surface area contributed by atoms with Crippen molar-refractivity contribution in [2.45, 2.75) is 15.5 Å². The lowest BCUT2D eigenvalue weighted by Gasteiger charge is -2.01. The molecule has 0 amide bonds. The van der Waals surface area contributed by atoms with Gasteiger partial charge >= 0.3 is 0 Å². The summed E-state index contributed by atoms with van der Waals surface area (Å²) >= 11 is 0.924. The zero-order valence-electron chi connectivity index (χ0n) is 12.5. The Kier molecular flexibility index (Phi) is 4.55. The van der Waals surface area contributed by atoms with Gasteiger partial charge in [-0.1, -0.05) is 0 Å². The third-order valence-electron chi connectivity index (χ3n) is 3.25. The number of benzene rings is 1. The molecule has 1 aromatic carbocycles. The summed E-state index contributed by atoms with van der Waals surface area (Å²) in [5, 5.41) is 7.36. The van der Waals surface area contributed by atoms with Gasteiger partial charge in [0.2, 0.25) is 21.4 Å². The largest absolute Gasteiger partial charge is 0.290 e. The minimum absolute atomic E-state index is 0.00671. The molecule has 7 nitrogen and oxygen atoms in total. The van der Waals surface area contributed by atoms with Gasteiger partial charge in [0.05, 0.1) is 4.90 Å². The molecule has 0 aliphatic carbocycles. The van der Waals surface area contributed by atoms with E-state index in [1.54, 1.807) is 0 Å². The van der Waals surface area contributed by atoms with Gasteiger partial charge in [0.1, 0.15) is 16.4 Å². The van der Waals surface area contributed by atoms with Crippen LogP contribution in [0.4, 0.5) is 4.39 Å². The van der Waals surface area contributed by atoms with Crippen LogP contribution in [-0.2, 0) is 21.1 Å². The number of nitrogens with one attached hydrogen (secondary N) is 1. The maximum absolute atomic E-state index is 12.9. The number of hydrogen-bond donors (Lipinski definition) is 1. The Morgan fingerprint density at radius 3 is 2.56 bits per heavy atom. The summed E-state index contributed by atoms with van der Waals surface area (Å²) in [4.78, 5) is 27.3. The first kappa shape index (κ1) is 17.1. The van der Waals surface area contributed by atoms with Crippen molar-refractivity contribution in [3.8, 4) is 0 Å². The molecule has 0 unspecified atom stereocenters. The molecule has 3 rings (SSSR count). The second kappa shape index (κ2) is 6.65. The Morgan fingerprint density at radius 2 is 1.92 bits per heavy atom. The molecule has 0 aliphatic rings. The minimum Gasteiger partial charge on any atom is -0.290 e. The molecule has 10 heteroatoms. The second-order valence-electron chi connectivity index (χ2n) is 4.98. The number of H-pyrrole nitrogens is 1. The Bertz CT molecular complexity index is 1030. The molecule has 0 saturated heterocycles. The number of carbonyl (C=O) groups excluding carboxylic acids is 2. The van der Waals surface area contributed by atoms with Crippen molar-refractivity contribution in [2.75, 3.05) is 0 Å². The Balaban J connectivity index is 1.79. The number of halogens is 1. The maximum atomic E-state index is 12.9. The second-order valence-corrected chi connectivity index (χ2v) is 8.07. The van der Waals surface area contributed by atoms with Crippen molar-refractivity contribution in [3.63, 3.8) is 0 Å². The molecule has 2 aromatic heterocycles. The molecule has 25 heavy (non-hydrogen) atoms. The molecular weight excluding hydrogens is 369 g/mol. The lowest BCUT2D eigenvalue weighted by atomic mass is 10.1. The van der Waals surface area contributed by atoms with Crippen LogP contribution in [0.25, 0.3) is 0 Å². The molecule has 0 radical (unpaired) electrons. The van der Waals surface area contributed by atoms with Crippen LogP contribution in [0.3, 0.4) is 0 Å². The lowest BCUT2D eigenvalue weighted by Crippen LogP contribution is -2.17. The Labute approximate surface area is 145 Å². The summed E-state index contributed by atoms with van der Waals surface area (Å²) in [5.41, 5.74) is 0.388. The summed E-state index contributed by atoms with van der Waals surface area (Å²) in [6, 6.07) is 5.78. The van der Waals surface area contributed by atoms with Gasteiger partial charge < -0.3 is 0 Å². The van der Waals surface area contributed by atoms with Crippen molar-refractivity contribution in [2.24, 2.45) is 0 Å². The van der Waals surface area contributed by atoms with Crippen LogP contribution in [-0.4, -0.2) is 35.2 Å². The molecule has 0 fully saturated rings. The number of rotatable bonds is 6. The van der Waals surface area contributed by atoms with Gasteiger partial charge in [-0.2, -0.15) is 0 Å². The highest BCUT2D eigenvalue weighted by atomic mass is 32.2. The SMILES string of the molecule is O=C(Cc1csc(S(=O)(=O)c2ccc(F)cc2)c1)C(=O)c1nc[nH]n1. The van der Waals surface area contributed by atoms with Gasteiger partial charge in [-0.05, 0) is 41.3 Å². The van der Waals surface area contributed by atoms with E-state index in [2.05, 4.69) is 15.2 Å². The highest BCUT2D eigenvalue weighted by molar-refractivity contribution is 7.93.